The standard InChI is InChI=1S/C19H16BrF3N2O4S/c20-13-9-12-7-8-25(18(26)11-1-2-11)17(12)16(10-13)30(27,28)24-14-3-5-15(6-4-14)29-19(21,22)23/h3-6,9-11,24H,1-2,7-8H2. The van der Waals surface area contributed by atoms with Gasteiger partial charge in [0, 0.05) is 22.6 Å². The Kier molecular flexibility index (Phi) is 5.21. The van der Waals surface area contributed by atoms with Crippen molar-refractivity contribution in [2.45, 2.75) is 30.5 Å². The third-order valence-electron chi connectivity index (χ3n) is 4.82. The van der Waals surface area contributed by atoms with E-state index in [9.17, 15) is 26.4 Å². The van der Waals surface area contributed by atoms with Crippen LogP contribution in [0.1, 0.15) is 18.4 Å². The van der Waals surface area contributed by atoms with Crippen LogP contribution >= 0.6 is 15.9 Å². The number of halogens is 4. The van der Waals surface area contributed by atoms with Crippen LogP contribution < -0.4 is 14.4 Å². The summed E-state index contributed by atoms with van der Waals surface area (Å²) in [4.78, 5) is 14.1. The van der Waals surface area contributed by atoms with Gasteiger partial charge in [0.25, 0.3) is 10.0 Å². The molecule has 4 rings (SSSR count). The molecule has 2 aromatic carbocycles. The average molecular weight is 505 g/mol. The fourth-order valence-electron chi connectivity index (χ4n) is 3.38. The molecule has 1 aliphatic heterocycles. The SMILES string of the molecule is O=C(C1CC1)N1CCc2cc(Br)cc(S(=O)(=O)Nc3ccc(OC(F)(F)F)cc3)c21. The minimum atomic E-state index is -4.84. The predicted molar refractivity (Wildman–Crippen MR) is 107 cm³/mol. The van der Waals surface area contributed by atoms with E-state index in [4.69, 9.17) is 0 Å². The lowest BCUT2D eigenvalue weighted by Crippen LogP contribution is -2.31. The Labute approximate surface area is 179 Å². The van der Waals surface area contributed by atoms with E-state index in [2.05, 4.69) is 25.4 Å². The Morgan fingerprint density at radius 1 is 1.17 bits per heavy atom. The number of ether oxygens (including phenoxy) is 1. The van der Waals surface area contributed by atoms with Gasteiger partial charge in [0.05, 0.1) is 5.69 Å². The molecule has 0 aromatic heterocycles. The summed E-state index contributed by atoms with van der Waals surface area (Å²) in [6.07, 6.45) is -2.70. The predicted octanol–water partition coefficient (Wildman–Crippen LogP) is 4.45. The molecule has 0 radical (unpaired) electrons. The molecule has 0 atom stereocenters. The molecule has 0 bridgehead atoms. The highest BCUT2D eigenvalue weighted by Gasteiger charge is 2.39. The topological polar surface area (TPSA) is 75.7 Å². The Morgan fingerprint density at radius 2 is 1.83 bits per heavy atom. The lowest BCUT2D eigenvalue weighted by atomic mass is 10.2. The Morgan fingerprint density at radius 3 is 2.43 bits per heavy atom. The van der Waals surface area contributed by atoms with Gasteiger partial charge in [0.15, 0.2) is 0 Å². The molecule has 1 saturated carbocycles. The smallest absolute Gasteiger partial charge is 0.406 e. The van der Waals surface area contributed by atoms with Gasteiger partial charge in [-0.1, -0.05) is 15.9 Å². The first-order chi connectivity index (χ1) is 14.0. The number of nitrogens with one attached hydrogen (secondary N) is 1. The van der Waals surface area contributed by atoms with E-state index in [1.165, 1.54) is 23.1 Å². The van der Waals surface area contributed by atoms with Crippen LogP contribution in [0.2, 0.25) is 0 Å². The van der Waals surface area contributed by atoms with Gasteiger partial charge >= 0.3 is 6.36 Å². The number of hydrogen-bond acceptors (Lipinski definition) is 4. The first kappa shape index (κ1) is 21.0. The number of alkyl halides is 3. The van der Waals surface area contributed by atoms with Gasteiger partial charge in [-0.2, -0.15) is 0 Å². The molecule has 30 heavy (non-hydrogen) atoms. The number of carbonyl (C=O) groups is 1. The second kappa shape index (κ2) is 7.45. The first-order valence-electron chi connectivity index (χ1n) is 9.06. The summed E-state index contributed by atoms with van der Waals surface area (Å²) in [5.41, 5.74) is 1.17. The van der Waals surface area contributed by atoms with E-state index in [-0.39, 0.29) is 22.4 Å². The van der Waals surface area contributed by atoms with Gasteiger partial charge in [-0.25, -0.2) is 8.42 Å². The molecular weight excluding hydrogens is 489 g/mol. The van der Waals surface area contributed by atoms with E-state index in [1.54, 1.807) is 6.07 Å². The zero-order chi connectivity index (χ0) is 21.7. The molecule has 1 heterocycles. The van der Waals surface area contributed by atoms with Crippen molar-refractivity contribution in [3.8, 4) is 5.75 Å². The van der Waals surface area contributed by atoms with Crippen LogP contribution in [0.25, 0.3) is 0 Å². The number of benzene rings is 2. The number of fused-ring (bicyclic) bond motifs is 1. The van der Waals surface area contributed by atoms with Gasteiger partial charge in [-0.05, 0) is 61.2 Å². The highest BCUT2D eigenvalue weighted by Crippen LogP contribution is 2.41. The zero-order valence-electron chi connectivity index (χ0n) is 15.4. The maximum atomic E-state index is 13.1. The Balaban J connectivity index is 1.64. The molecule has 1 fully saturated rings. The molecule has 1 N–H and O–H groups in total. The maximum Gasteiger partial charge on any atom is 0.573 e. The monoisotopic (exact) mass is 504 g/mol. The summed E-state index contributed by atoms with van der Waals surface area (Å²) in [5, 5.41) is 0. The van der Waals surface area contributed by atoms with Crippen LogP contribution in [-0.2, 0) is 21.2 Å². The number of hydrogen-bond donors (Lipinski definition) is 1. The third kappa shape index (κ3) is 4.41. The normalized spacial score (nSPS) is 16.3. The molecule has 0 unspecified atom stereocenters. The summed E-state index contributed by atoms with van der Waals surface area (Å²) in [5.74, 6) is -0.611. The molecule has 11 heteroatoms. The molecule has 1 aliphatic carbocycles. The van der Waals surface area contributed by atoms with Crippen LogP contribution in [0.5, 0.6) is 5.75 Å². The first-order valence-corrected chi connectivity index (χ1v) is 11.3. The lowest BCUT2D eigenvalue weighted by Gasteiger charge is -2.21. The second-order valence-corrected chi connectivity index (χ2v) is 9.67. The Hall–Kier alpha value is -2.27. The second-order valence-electron chi connectivity index (χ2n) is 7.10. The van der Waals surface area contributed by atoms with Crippen LogP contribution in [-0.4, -0.2) is 27.2 Å². The van der Waals surface area contributed by atoms with Crippen molar-refractivity contribution in [2.24, 2.45) is 5.92 Å². The number of sulfonamides is 1. The zero-order valence-corrected chi connectivity index (χ0v) is 17.8. The fourth-order valence-corrected chi connectivity index (χ4v) is 5.37. The number of nitrogens with zero attached hydrogens (tertiary/aromatic N) is 1. The number of carbonyl (C=O) groups excluding carboxylic acids is 1. The van der Waals surface area contributed by atoms with Gasteiger partial charge in [-0.15, -0.1) is 13.2 Å². The lowest BCUT2D eigenvalue weighted by molar-refractivity contribution is -0.274. The van der Waals surface area contributed by atoms with Gasteiger partial charge in [-0.3, -0.25) is 9.52 Å². The highest BCUT2D eigenvalue weighted by atomic mass is 79.9. The minimum Gasteiger partial charge on any atom is -0.406 e. The average Bonchev–Trinajstić information content (AvgIpc) is 3.40. The summed E-state index contributed by atoms with van der Waals surface area (Å²) in [7, 11) is -4.12. The quantitative estimate of drug-likeness (QED) is 0.652. The van der Waals surface area contributed by atoms with Crippen LogP contribution in [0.15, 0.2) is 45.8 Å². The molecule has 2 aromatic rings. The molecule has 0 saturated heterocycles. The molecule has 0 spiro atoms. The van der Waals surface area contributed by atoms with Crippen LogP contribution in [0.3, 0.4) is 0 Å². The van der Waals surface area contributed by atoms with E-state index < -0.39 is 22.1 Å². The van der Waals surface area contributed by atoms with Crippen molar-refractivity contribution in [1.29, 1.82) is 0 Å². The summed E-state index contributed by atoms with van der Waals surface area (Å²) < 4.78 is 69.8. The third-order valence-corrected chi connectivity index (χ3v) is 6.67. The van der Waals surface area contributed by atoms with Gasteiger partial charge in [0.2, 0.25) is 5.91 Å². The van der Waals surface area contributed by atoms with Crippen molar-refractivity contribution in [3.63, 3.8) is 0 Å². The highest BCUT2D eigenvalue weighted by molar-refractivity contribution is 9.10. The molecule has 2 aliphatic rings. The largest absolute Gasteiger partial charge is 0.573 e. The van der Waals surface area contributed by atoms with Crippen LogP contribution in [0, 0.1) is 5.92 Å². The van der Waals surface area contributed by atoms with E-state index in [0.717, 1.165) is 30.5 Å². The van der Waals surface area contributed by atoms with Crippen molar-refractivity contribution in [3.05, 3.63) is 46.4 Å². The molecule has 160 valence electrons. The fraction of sp³-hybridized carbons (Fsp3) is 0.316. The van der Waals surface area contributed by atoms with Crippen molar-refractivity contribution >= 4 is 43.2 Å². The van der Waals surface area contributed by atoms with Crippen molar-refractivity contribution in [2.75, 3.05) is 16.2 Å². The van der Waals surface area contributed by atoms with E-state index in [0.29, 0.717) is 23.1 Å². The number of amides is 1. The van der Waals surface area contributed by atoms with Crippen molar-refractivity contribution in [1.82, 2.24) is 0 Å². The summed E-state index contributed by atoms with van der Waals surface area (Å²) in [6.45, 7) is 0.410. The minimum absolute atomic E-state index is 0.0611. The van der Waals surface area contributed by atoms with Crippen LogP contribution in [0.4, 0.5) is 24.5 Å². The van der Waals surface area contributed by atoms with E-state index >= 15 is 0 Å². The number of anilines is 2. The van der Waals surface area contributed by atoms with E-state index in [1.807, 2.05) is 0 Å². The molecular formula is C19H16BrF3N2O4S. The van der Waals surface area contributed by atoms with Crippen molar-refractivity contribution < 1.29 is 31.1 Å². The summed E-state index contributed by atoms with van der Waals surface area (Å²) >= 11 is 3.31. The maximum absolute atomic E-state index is 13.1. The molecule has 1 amide bonds. The van der Waals surface area contributed by atoms with Gasteiger partial charge < -0.3 is 9.64 Å². The van der Waals surface area contributed by atoms with Gasteiger partial charge in [0.1, 0.15) is 10.6 Å². The molecule has 6 nitrogen and oxygen atoms in total. The Bertz CT molecular complexity index is 1100. The number of rotatable bonds is 5. The summed E-state index contributed by atoms with van der Waals surface area (Å²) in [6, 6.07) is 7.58.